The molecule has 1 fully saturated rings. The van der Waals surface area contributed by atoms with Crippen molar-refractivity contribution in [1.82, 2.24) is 9.97 Å². The van der Waals surface area contributed by atoms with Crippen LogP contribution in [0.3, 0.4) is 0 Å². The Morgan fingerprint density at radius 1 is 1.39 bits per heavy atom. The Morgan fingerprint density at radius 2 is 2.22 bits per heavy atom. The van der Waals surface area contributed by atoms with Crippen LogP contribution in [0.25, 0.3) is 0 Å². The van der Waals surface area contributed by atoms with Crippen molar-refractivity contribution in [1.29, 1.82) is 0 Å². The molecular formula is C17H20FN3O2. The molecule has 0 amide bonds. The average molecular weight is 317 g/mol. The summed E-state index contributed by atoms with van der Waals surface area (Å²) in [5.41, 5.74) is 1.36. The van der Waals surface area contributed by atoms with E-state index in [-0.39, 0.29) is 11.9 Å². The molecule has 1 N–H and O–H groups in total. The molecule has 122 valence electrons. The molecule has 5 nitrogen and oxygen atoms in total. The molecule has 2 aromatic rings. The van der Waals surface area contributed by atoms with Gasteiger partial charge in [0.25, 0.3) is 0 Å². The standard InChI is InChI=1S/C17H20FN3O2/c1-3-14-16(18)17(20-10-19-14)21-9-12(22)8-15(21)11-5-4-6-13(7-11)23-2/h4-7,10,12,15,22H,3,8-9H2,1-2H3/t12-,15+/m0/s1. The molecule has 0 unspecified atom stereocenters. The van der Waals surface area contributed by atoms with Crippen LogP contribution in [0.4, 0.5) is 10.2 Å². The highest BCUT2D eigenvalue weighted by Crippen LogP contribution is 2.37. The number of methoxy groups -OCH3 is 1. The minimum Gasteiger partial charge on any atom is -0.497 e. The van der Waals surface area contributed by atoms with Crippen LogP contribution in [0, 0.1) is 5.82 Å². The minimum atomic E-state index is -0.523. The molecule has 0 bridgehead atoms. The van der Waals surface area contributed by atoms with Gasteiger partial charge in [0.15, 0.2) is 11.6 Å². The van der Waals surface area contributed by atoms with Crippen LogP contribution in [0.5, 0.6) is 5.75 Å². The van der Waals surface area contributed by atoms with E-state index in [1.807, 2.05) is 36.1 Å². The molecule has 1 aliphatic heterocycles. The summed E-state index contributed by atoms with van der Waals surface area (Å²) in [5.74, 6) is 0.583. The van der Waals surface area contributed by atoms with Crippen LogP contribution in [-0.4, -0.2) is 34.8 Å². The molecule has 1 aromatic heterocycles. The Bertz CT molecular complexity index is 695. The Balaban J connectivity index is 2.00. The van der Waals surface area contributed by atoms with Crippen molar-refractivity contribution in [2.45, 2.75) is 31.9 Å². The van der Waals surface area contributed by atoms with Crippen LogP contribution < -0.4 is 9.64 Å². The van der Waals surface area contributed by atoms with Gasteiger partial charge in [-0.2, -0.15) is 0 Å². The summed E-state index contributed by atoms with van der Waals surface area (Å²) in [7, 11) is 1.61. The third-order valence-electron chi connectivity index (χ3n) is 4.21. The first-order valence-corrected chi connectivity index (χ1v) is 7.72. The summed E-state index contributed by atoms with van der Waals surface area (Å²) in [6.07, 6.45) is 1.88. The number of ether oxygens (including phenoxy) is 1. The van der Waals surface area contributed by atoms with Gasteiger partial charge in [-0.15, -0.1) is 0 Å². The van der Waals surface area contributed by atoms with E-state index >= 15 is 0 Å². The molecule has 1 aromatic carbocycles. The Hall–Kier alpha value is -2.21. The van der Waals surface area contributed by atoms with E-state index < -0.39 is 11.9 Å². The number of aliphatic hydroxyl groups excluding tert-OH is 1. The Labute approximate surface area is 134 Å². The normalized spacial score (nSPS) is 20.8. The first-order valence-electron chi connectivity index (χ1n) is 7.72. The van der Waals surface area contributed by atoms with Gasteiger partial charge >= 0.3 is 0 Å². The lowest BCUT2D eigenvalue weighted by atomic mass is 10.0. The zero-order valence-electron chi connectivity index (χ0n) is 13.2. The Kier molecular flexibility index (Phi) is 4.43. The van der Waals surface area contributed by atoms with Gasteiger partial charge < -0.3 is 14.7 Å². The molecule has 0 spiro atoms. The first-order chi connectivity index (χ1) is 11.1. The molecule has 1 aliphatic rings. The maximum atomic E-state index is 14.6. The lowest BCUT2D eigenvalue weighted by Crippen LogP contribution is -2.27. The number of aryl methyl sites for hydroxylation is 1. The topological polar surface area (TPSA) is 58.5 Å². The number of halogens is 1. The maximum Gasteiger partial charge on any atom is 0.187 e. The van der Waals surface area contributed by atoms with Crippen LogP contribution in [0.2, 0.25) is 0 Å². The average Bonchev–Trinajstić information content (AvgIpc) is 2.97. The lowest BCUT2D eigenvalue weighted by molar-refractivity contribution is 0.194. The molecule has 2 atom stereocenters. The second-order valence-electron chi connectivity index (χ2n) is 5.65. The van der Waals surface area contributed by atoms with E-state index in [1.54, 1.807) is 7.11 Å². The number of β-amino-alcohol motifs (C(OH)–C–C–N with tert-alkyl or cyclic N) is 1. The van der Waals surface area contributed by atoms with Crippen molar-refractivity contribution >= 4 is 5.82 Å². The molecule has 23 heavy (non-hydrogen) atoms. The number of anilines is 1. The summed E-state index contributed by atoms with van der Waals surface area (Å²) < 4.78 is 19.9. The maximum absolute atomic E-state index is 14.6. The largest absolute Gasteiger partial charge is 0.497 e. The van der Waals surface area contributed by atoms with Crippen molar-refractivity contribution in [3.63, 3.8) is 0 Å². The molecule has 2 heterocycles. The van der Waals surface area contributed by atoms with E-state index in [1.165, 1.54) is 6.33 Å². The number of nitrogens with zero attached hydrogens (tertiary/aromatic N) is 3. The predicted molar refractivity (Wildman–Crippen MR) is 85.1 cm³/mol. The van der Waals surface area contributed by atoms with Gasteiger partial charge in [-0.1, -0.05) is 19.1 Å². The molecule has 0 saturated carbocycles. The van der Waals surface area contributed by atoms with Gasteiger partial charge in [0.05, 0.1) is 24.9 Å². The monoisotopic (exact) mass is 317 g/mol. The van der Waals surface area contributed by atoms with Gasteiger partial charge in [-0.05, 0) is 30.5 Å². The third-order valence-corrected chi connectivity index (χ3v) is 4.21. The van der Waals surface area contributed by atoms with Crippen LogP contribution >= 0.6 is 0 Å². The van der Waals surface area contributed by atoms with E-state index in [0.29, 0.717) is 25.1 Å². The fourth-order valence-electron chi connectivity index (χ4n) is 3.06. The van der Waals surface area contributed by atoms with E-state index in [9.17, 15) is 9.50 Å². The lowest BCUT2D eigenvalue weighted by Gasteiger charge is -2.26. The van der Waals surface area contributed by atoms with Crippen molar-refractivity contribution in [3.8, 4) is 5.75 Å². The van der Waals surface area contributed by atoms with Crippen LogP contribution in [0.15, 0.2) is 30.6 Å². The van der Waals surface area contributed by atoms with Gasteiger partial charge in [0.1, 0.15) is 12.1 Å². The summed E-state index contributed by atoms with van der Waals surface area (Å²) in [4.78, 5) is 9.91. The smallest absolute Gasteiger partial charge is 0.187 e. The highest BCUT2D eigenvalue weighted by Gasteiger charge is 2.35. The minimum absolute atomic E-state index is 0.144. The van der Waals surface area contributed by atoms with Crippen molar-refractivity contribution < 1.29 is 14.2 Å². The molecule has 0 radical (unpaired) electrons. The number of benzene rings is 1. The molecule has 0 aliphatic carbocycles. The van der Waals surface area contributed by atoms with Gasteiger partial charge in [0, 0.05) is 6.54 Å². The summed E-state index contributed by atoms with van der Waals surface area (Å²) in [6.45, 7) is 2.20. The second-order valence-corrected chi connectivity index (χ2v) is 5.65. The number of rotatable bonds is 4. The van der Waals surface area contributed by atoms with E-state index in [0.717, 1.165) is 11.3 Å². The zero-order chi connectivity index (χ0) is 16.4. The highest BCUT2D eigenvalue weighted by atomic mass is 19.1. The zero-order valence-corrected chi connectivity index (χ0v) is 13.2. The second kappa shape index (κ2) is 6.50. The summed E-state index contributed by atoms with van der Waals surface area (Å²) in [6, 6.07) is 7.48. The highest BCUT2D eigenvalue weighted by molar-refractivity contribution is 5.47. The SMILES string of the molecule is CCc1ncnc(N2C[C@@H](O)C[C@@H]2c2cccc(OC)c2)c1F. The number of hydrogen-bond acceptors (Lipinski definition) is 5. The van der Waals surface area contributed by atoms with E-state index in [4.69, 9.17) is 4.74 Å². The first kappa shape index (κ1) is 15.7. The Morgan fingerprint density at radius 3 is 2.96 bits per heavy atom. The summed E-state index contributed by atoms with van der Waals surface area (Å²) >= 11 is 0. The van der Waals surface area contributed by atoms with Gasteiger partial charge in [-0.25, -0.2) is 14.4 Å². The molecule has 1 saturated heterocycles. The molecule has 6 heteroatoms. The van der Waals surface area contributed by atoms with E-state index in [2.05, 4.69) is 9.97 Å². The third kappa shape index (κ3) is 2.99. The molecular weight excluding hydrogens is 297 g/mol. The van der Waals surface area contributed by atoms with Gasteiger partial charge in [-0.3, -0.25) is 0 Å². The van der Waals surface area contributed by atoms with Crippen LogP contribution in [0.1, 0.15) is 30.6 Å². The molecule has 3 rings (SSSR count). The predicted octanol–water partition coefficient (Wildman–Crippen LogP) is 2.50. The van der Waals surface area contributed by atoms with Gasteiger partial charge in [0.2, 0.25) is 0 Å². The van der Waals surface area contributed by atoms with Crippen LogP contribution in [-0.2, 0) is 6.42 Å². The number of aromatic nitrogens is 2. The van der Waals surface area contributed by atoms with Crippen molar-refractivity contribution in [3.05, 3.63) is 47.7 Å². The van der Waals surface area contributed by atoms with Crippen molar-refractivity contribution in [2.75, 3.05) is 18.6 Å². The van der Waals surface area contributed by atoms with Crippen molar-refractivity contribution in [2.24, 2.45) is 0 Å². The fourth-order valence-corrected chi connectivity index (χ4v) is 3.06. The summed E-state index contributed by atoms with van der Waals surface area (Å²) in [5, 5.41) is 10.1. The fraction of sp³-hybridized carbons (Fsp3) is 0.412. The quantitative estimate of drug-likeness (QED) is 0.939. The number of hydrogen-bond donors (Lipinski definition) is 1. The number of aliphatic hydroxyl groups is 1.